The van der Waals surface area contributed by atoms with Gasteiger partial charge in [0.15, 0.2) is 0 Å². The molecular formula is C17H33N3O3. The van der Waals surface area contributed by atoms with Crippen molar-refractivity contribution in [2.75, 3.05) is 19.6 Å². The highest BCUT2D eigenvalue weighted by atomic mass is 16.6. The highest BCUT2D eigenvalue weighted by Crippen LogP contribution is 2.25. The lowest BCUT2D eigenvalue weighted by Gasteiger charge is -2.23. The maximum absolute atomic E-state index is 11.8. The van der Waals surface area contributed by atoms with Crippen LogP contribution in [0.15, 0.2) is 0 Å². The summed E-state index contributed by atoms with van der Waals surface area (Å²) in [5, 5.41) is 9.07. The van der Waals surface area contributed by atoms with Crippen LogP contribution in [0.1, 0.15) is 53.9 Å². The van der Waals surface area contributed by atoms with Crippen molar-refractivity contribution in [3.05, 3.63) is 0 Å². The Hall–Kier alpha value is -1.30. The lowest BCUT2D eigenvalue weighted by atomic mass is 10.0. The molecule has 0 spiro atoms. The number of carbonyl (C=O) groups excluding carboxylic acids is 2. The second kappa shape index (κ2) is 9.11. The predicted molar refractivity (Wildman–Crippen MR) is 91.2 cm³/mol. The number of alkyl carbamates (subject to hydrolysis) is 1. The first-order chi connectivity index (χ1) is 10.7. The third kappa shape index (κ3) is 8.79. The van der Waals surface area contributed by atoms with Gasteiger partial charge in [-0.05, 0) is 45.4 Å². The minimum absolute atomic E-state index is 0.0319. The third-order valence-electron chi connectivity index (χ3n) is 3.80. The van der Waals surface area contributed by atoms with Crippen LogP contribution < -0.4 is 16.0 Å². The summed E-state index contributed by atoms with van der Waals surface area (Å²) in [6.45, 7) is 11.3. The Kier molecular flexibility index (Phi) is 7.82. The number of hydrogen-bond donors (Lipinski definition) is 3. The Labute approximate surface area is 140 Å². The normalized spacial score (nSPS) is 21.3. The summed E-state index contributed by atoms with van der Waals surface area (Å²) >= 11 is 0. The minimum atomic E-state index is -0.480. The molecule has 134 valence electrons. The maximum Gasteiger partial charge on any atom is 0.407 e. The number of hydrogen-bond acceptors (Lipinski definition) is 4. The Bertz CT molecular complexity index is 391. The van der Waals surface area contributed by atoms with E-state index in [1.807, 2.05) is 20.8 Å². The molecule has 1 aliphatic carbocycles. The second-order valence-corrected chi connectivity index (χ2v) is 7.76. The van der Waals surface area contributed by atoms with Crippen LogP contribution in [0.3, 0.4) is 0 Å². The lowest BCUT2D eigenvalue weighted by Crippen LogP contribution is -2.44. The molecule has 1 saturated carbocycles. The first-order valence-corrected chi connectivity index (χ1v) is 8.64. The number of amides is 2. The number of rotatable bonds is 7. The van der Waals surface area contributed by atoms with Crippen molar-refractivity contribution in [1.29, 1.82) is 0 Å². The molecule has 0 saturated heterocycles. The number of nitrogens with one attached hydrogen (secondary N) is 3. The van der Waals surface area contributed by atoms with Gasteiger partial charge in [-0.15, -0.1) is 0 Å². The fourth-order valence-electron chi connectivity index (χ4n) is 2.68. The van der Waals surface area contributed by atoms with E-state index >= 15 is 0 Å². The molecule has 0 aromatic carbocycles. The Morgan fingerprint density at radius 2 is 1.87 bits per heavy atom. The summed E-state index contributed by atoms with van der Waals surface area (Å²) in [5.41, 5.74) is -0.480. The van der Waals surface area contributed by atoms with Gasteiger partial charge in [0.25, 0.3) is 0 Å². The van der Waals surface area contributed by atoms with E-state index in [0.717, 1.165) is 19.3 Å². The third-order valence-corrected chi connectivity index (χ3v) is 3.80. The fourth-order valence-corrected chi connectivity index (χ4v) is 2.68. The molecule has 1 aliphatic rings. The minimum Gasteiger partial charge on any atom is -0.444 e. The quantitative estimate of drug-likeness (QED) is 0.668. The Balaban J connectivity index is 2.28. The van der Waals surface area contributed by atoms with Crippen LogP contribution in [0.4, 0.5) is 4.79 Å². The molecule has 1 rings (SSSR count). The fraction of sp³-hybridized carbons (Fsp3) is 0.882. The molecule has 0 heterocycles. The van der Waals surface area contributed by atoms with Crippen LogP contribution in [0.5, 0.6) is 0 Å². The molecule has 2 amide bonds. The van der Waals surface area contributed by atoms with Crippen LogP contribution in [0, 0.1) is 11.8 Å². The molecule has 6 heteroatoms. The van der Waals surface area contributed by atoms with Crippen molar-refractivity contribution in [1.82, 2.24) is 16.0 Å². The van der Waals surface area contributed by atoms with Crippen LogP contribution in [0.25, 0.3) is 0 Å². The Morgan fingerprint density at radius 3 is 2.48 bits per heavy atom. The molecular weight excluding hydrogens is 294 g/mol. The van der Waals surface area contributed by atoms with Gasteiger partial charge in [0.05, 0.1) is 6.54 Å². The van der Waals surface area contributed by atoms with Crippen molar-refractivity contribution in [3.63, 3.8) is 0 Å². The summed E-state index contributed by atoms with van der Waals surface area (Å²) in [5.74, 6) is 0.834. The molecule has 0 aromatic heterocycles. The molecule has 6 nitrogen and oxygen atoms in total. The van der Waals surface area contributed by atoms with Gasteiger partial charge in [-0.25, -0.2) is 4.79 Å². The summed E-state index contributed by atoms with van der Waals surface area (Å²) in [4.78, 5) is 23.5. The molecule has 0 radical (unpaired) electrons. The van der Waals surface area contributed by atoms with Crippen molar-refractivity contribution >= 4 is 12.0 Å². The second-order valence-electron chi connectivity index (χ2n) is 7.76. The highest BCUT2D eigenvalue weighted by molar-refractivity contribution is 5.78. The van der Waals surface area contributed by atoms with Crippen molar-refractivity contribution in [3.8, 4) is 0 Å². The molecule has 3 N–H and O–H groups in total. The molecule has 0 aliphatic heterocycles. The van der Waals surface area contributed by atoms with E-state index in [2.05, 4.69) is 29.8 Å². The SMILES string of the molecule is CC(C)CNC(=O)CNC1CCCC1CNC(=O)OC(C)(C)C. The van der Waals surface area contributed by atoms with Crippen LogP contribution in [-0.2, 0) is 9.53 Å². The van der Waals surface area contributed by atoms with Gasteiger partial charge >= 0.3 is 6.09 Å². The zero-order chi connectivity index (χ0) is 17.5. The lowest BCUT2D eigenvalue weighted by molar-refractivity contribution is -0.120. The maximum atomic E-state index is 11.8. The van der Waals surface area contributed by atoms with Gasteiger partial charge in [0.1, 0.15) is 5.60 Å². The van der Waals surface area contributed by atoms with Gasteiger partial charge < -0.3 is 20.7 Å². The van der Waals surface area contributed by atoms with E-state index in [1.165, 1.54) is 0 Å². The van der Waals surface area contributed by atoms with E-state index in [-0.39, 0.29) is 18.0 Å². The van der Waals surface area contributed by atoms with Crippen molar-refractivity contribution in [2.45, 2.75) is 65.5 Å². The largest absolute Gasteiger partial charge is 0.444 e. The molecule has 2 unspecified atom stereocenters. The zero-order valence-corrected chi connectivity index (χ0v) is 15.2. The number of ether oxygens (including phenoxy) is 1. The number of carbonyl (C=O) groups is 2. The summed E-state index contributed by atoms with van der Waals surface area (Å²) in [6, 6.07) is 0.273. The molecule has 2 atom stereocenters. The average Bonchev–Trinajstić information content (AvgIpc) is 2.86. The van der Waals surface area contributed by atoms with E-state index in [0.29, 0.717) is 31.5 Å². The van der Waals surface area contributed by atoms with E-state index < -0.39 is 5.60 Å². The summed E-state index contributed by atoms with van der Waals surface area (Å²) in [7, 11) is 0. The van der Waals surface area contributed by atoms with Crippen LogP contribution >= 0.6 is 0 Å². The van der Waals surface area contributed by atoms with E-state index in [9.17, 15) is 9.59 Å². The molecule has 23 heavy (non-hydrogen) atoms. The first kappa shape index (κ1) is 19.7. The summed E-state index contributed by atoms with van der Waals surface area (Å²) in [6.07, 6.45) is 2.84. The van der Waals surface area contributed by atoms with Gasteiger partial charge in [-0.1, -0.05) is 20.3 Å². The smallest absolute Gasteiger partial charge is 0.407 e. The molecule has 0 bridgehead atoms. The van der Waals surface area contributed by atoms with Crippen LogP contribution in [-0.4, -0.2) is 43.3 Å². The standard InChI is InChI=1S/C17H33N3O3/c1-12(2)9-19-15(21)11-18-14-8-6-7-13(14)10-20-16(22)23-17(3,4)5/h12-14,18H,6-11H2,1-5H3,(H,19,21)(H,20,22). The predicted octanol–water partition coefficient (Wildman–Crippen LogP) is 2.04. The van der Waals surface area contributed by atoms with E-state index in [1.54, 1.807) is 0 Å². The van der Waals surface area contributed by atoms with Crippen LogP contribution in [0.2, 0.25) is 0 Å². The monoisotopic (exact) mass is 327 g/mol. The Morgan fingerprint density at radius 1 is 1.17 bits per heavy atom. The van der Waals surface area contributed by atoms with E-state index in [4.69, 9.17) is 4.74 Å². The molecule has 1 fully saturated rings. The van der Waals surface area contributed by atoms with Gasteiger partial charge in [-0.3, -0.25) is 4.79 Å². The topological polar surface area (TPSA) is 79.5 Å². The summed E-state index contributed by atoms with van der Waals surface area (Å²) < 4.78 is 5.25. The average molecular weight is 327 g/mol. The zero-order valence-electron chi connectivity index (χ0n) is 15.2. The first-order valence-electron chi connectivity index (χ1n) is 8.64. The van der Waals surface area contributed by atoms with Gasteiger partial charge in [0, 0.05) is 19.1 Å². The highest BCUT2D eigenvalue weighted by Gasteiger charge is 2.28. The molecule has 0 aromatic rings. The van der Waals surface area contributed by atoms with Gasteiger partial charge in [0.2, 0.25) is 5.91 Å². The van der Waals surface area contributed by atoms with Gasteiger partial charge in [-0.2, -0.15) is 0 Å². The van der Waals surface area contributed by atoms with Crippen molar-refractivity contribution < 1.29 is 14.3 Å². The van der Waals surface area contributed by atoms with Crippen molar-refractivity contribution in [2.24, 2.45) is 11.8 Å².